The number of anilines is 1. The zero-order valence-corrected chi connectivity index (χ0v) is 18.4. The first-order valence-electron chi connectivity index (χ1n) is 9.06. The van der Waals surface area contributed by atoms with E-state index in [9.17, 15) is 31.9 Å². The van der Waals surface area contributed by atoms with Crippen molar-refractivity contribution in [1.82, 2.24) is 0 Å². The van der Waals surface area contributed by atoms with E-state index in [1.165, 1.54) is 23.9 Å². The number of aliphatic hydroxyl groups excluding tert-OH is 1. The van der Waals surface area contributed by atoms with Gasteiger partial charge < -0.3 is 10.4 Å². The fraction of sp³-hybridized carbons (Fsp3) is 0.350. The lowest BCUT2D eigenvalue weighted by molar-refractivity contribution is 0.102. The van der Waals surface area contributed by atoms with Crippen molar-refractivity contribution < 1.29 is 31.9 Å². The van der Waals surface area contributed by atoms with E-state index in [1.54, 1.807) is 0 Å². The van der Waals surface area contributed by atoms with Gasteiger partial charge in [-0.3, -0.25) is 4.79 Å². The summed E-state index contributed by atoms with van der Waals surface area (Å²) in [5, 5.41) is 11.9. The zero-order valence-electron chi connectivity index (χ0n) is 15.4. The average Bonchev–Trinajstić information content (AvgIpc) is 2.67. The van der Waals surface area contributed by atoms with Crippen LogP contribution in [0, 0.1) is 17.5 Å². The van der Waals surface area contributed by atoms with E-state index in [-0.39, 0.29) is 33.1 Å². The maximum atomic E-state index is 14.1. The van der Waals surface area contributed by atoms with Crippen LogP contribution in [0.1, 0.15) is 41.6 Å². The lowest BCUT2D eigenvalue weighted by Crippen LogP contribution is -2.20. The van der Waals surface area contributed by atoms with Crippen LogP contribution in [0.4, 0.5) is 27.6 Å². The first-order chi connectivity index (χ1) is 14.0. The van der Waals surface area contributed by atoms with Crippen LogP contribution in [0.3, 0.4) is 0 Å². The molecule has 0 bridgehead atoms. The second-order valence-electron chi connectivity index (χ2n) is 6.97. The SMILES string of the molecule is O=C(Nc1cc(F)c(F)c(F)c1)c1ccc(C(F)(F)I)c(SC2CCC(O)CC2)c1. The molecule has 0 aliphatic heterocycles. The van der Waals surface area contributed by atoms with Gasteiger partial charge in [0.1, 0.15) is 0 Å². The number of thioether (sulfide) groups is 1. The topological polar surface area (TPSA) is 49.3 Å². The third-order valence-electron chi connectivity index (χ3n) is 4.73. The smallest absolute Gasteiger partial charge is 0.322 e. The molecule has 0 saturated heterocycles. The monoisotopic (exact) mass is 557 g/mol. The number of benzene rings is 2. The van der Waals surface area contributed by atoms with Crippen molar-refractivity contribution in [2.45, 2.75) is 45.9 Å². The third kappa shape index (κ3) is 5.64. The highest BCUT2D eigenvalue weighted by Gasteiger charge is 2.32. The molecule has 3 rings (SSSR count). The number of hydrogen-bond acceptors (Lipinski definition) is 3. The quantitative estimate of drug-likeness (QED) is 0.198. The molecule has 2 N–H and O–H groups in total. The van der Waals surface area contributed by atoms with Crippen LogP contribution in [-0.2, 0) is 3.93 Å². The van der Waals surface area contributed by atoms with Crippen molar-refractivity contribution in [3.8, 4) is 0 Å². The van der Waals surface area contributed by atoms with Crippen molar-refractivity contribution >= 4 is 45.9 Å². The van der Waals surface area contributed by atoms with Gasteiger partial charge in [0.15, 0.2) is 17.5 Å². The number of hydrogen-bond donors (Lipinski definition) is 2. The van der Waals surface area contributed by atoms with Gasteiger partial charge >= 0.3 is 3.93 Å². The van der Waals surface area contributed by atoms with Crippen LogP contribution in [0.5, 0.6) is 0 Å². The van der Waals surface area contributed by atoms with E-state index in [0.29, 0.717) is 37.8 Å². The second-order valence-corrected chi connectivity index (χ2v) is 9.66. The molecule has 0 spiro atoms. The van der Waals surface area contributed by atoms with Crippen LogP contribution in [0.25, 0.3) is 0 Å². The van der Waals surface area contributed by atoms with Gasteiger partial charge in [0, 0.05) is 61.7 Å². The Morgan fingerprint density at radius 1 is 1.07 bits per heavy atom. The average molecular weight is 557 g/mol. The number of aliphatic hydroxyl groups is 1. The maximum Gasteiger partial charge on any atom is 0.322 e. The molecule has 1 fully saturated rings. The molecule has 0 atom stereocenters. The summed E-state index contributed by atoms with van der Waals surface area (Å²) in [7, 11) is 0. The van der Waals surface area contributed by atoms with E-state index in [1.807, 2.05) is 0 Å². The lowest BCUT2D eigenvalue weighted by atomic mass is 9.97. The Labute approximate surface area is 187 Å². The highest BCUT2D eigenvalue weighted by Crippen LogP contribution is 2.44. The molecule has 1 aliphatic carbocycles. The molecule has 0 unspecified atom stereocenters. The van der Waals surface area contributed by atoms with Gasteiger partial charge in [-0.05, 0) is 37.8 Å². The fourth-order valence-corrected chi connectivity index (χ4v) is 5.21. The molecular formula is C20H17F5INO2S. The summed E-state index contributed by atoms with van der Waals surface area (Å²) >= 11 is 2.24. The van der Waals surface area contributed by atoms with Crippen LogP contribution in [-0.4, -0.2) is 22.4 Å². The standard InChI is InChI=1S/C20H17F5INO2S/c21-15-8-11(9-16(22)18(15)23)27-19(29)10-1-6-14(20(24,25)26)17(7-10)30-13-4-2-12(28)3-5-13/h1,6-9,12-13,28H,2-5H2,(H,27,29). The summed E-state index contributed by atoms with van der Waals surface area (Å²) < 4.78 is 64.7. The Hall–Kier alpha value is -1.40. The summed E-state index contributed by atoms with van der Waals surface area (Å²) in [6, 6.07) is 4.91. The summed E-state index contributed by atoms with van der Waals surface area (Å²) in [5.41, 5.74) is -0.521. The van der Waals surface area contributed by atoms with Crippen molar-refractivity contribution in [2.24, 2.45) is 0 Å². The number of nitrogens with one attached hydrogen (secondary N) is 1. The van der Waals surface area contributed by atoms with Crippen molar-refractivity contribution in [3.63, 3.8) is 0 Å². The summed E-state index contributed by atoms with van der Waals surface area (Å²) in [5.74, 6) is -5.34. The molecule has 1 amide bonds. The Morgan fingerprint density at radius 3 is 2.23 bits per heavy atom. The first kappa shape index (κ1) is 23.3. The molecule has 30 heavy (non-hydrogen) atoms. The van der Waals surface area contributed by atoms with Crippen LogP contribution >= 0.6 is 34.4 Å². The Morgan fingerprint density at radius 2 is 1.67 bits per heavy atom. The van der Waals surface area contributed by atoms with Gasteiger partial charge in [-0.25, -0.2) is 13.2 Å². The van der Waals surface area contributed by atoms with Gasteiger partial charge in [0.2, 0.25) is 0 Å². The van der Waals surface area contributed by atoms with Crippen LogP contribution in [0.15, 0.2) is 35.2 Å². The van der Waals surface area contributed by atoms with Gasteiger partial charge in [-0.1, -0.05) is 6.07 Å². The normalized spacial score (nSPS) is 19.6. The number of halogens is 6. The fourth-order valence-electron chi connectivity index (χ4n) is 3.17. The largest absolute Gasteiger partial charge is 0.393 e. The third-order valence-corrected chi connectivity index (χ3v) is 6.71. The van der Waals surface area contributed by atoms with Crippen molar-refractivity contribution in [1.29, 1.82) is 0 Å². The molecule has 1 aliphatic rings. The van der Waals surface area contributed by atoms with Gasteiger partial charge in [0.05, 0.1) is 6.10 Å². The van der Waals surface area contributed by atoms with Gasteiger partial charge in [-0.2, -0.15) is 8.78 Å². The summed E-state index contributed by atoms with van der Waals surface area (Å²) in [6.07, 6.45) is 2.08. The number of carbonyl (C=O) groups excluding carboxylic acids is 1. The van der Waals surface area contributed by atoms with Crippen molar-refractivity contribution in [3.05, 3.63) is 58.9 Å². The predicted molar refractivity (Wildman–Crippen MR) is 113 cm³/mol. The number of rotatable bonds is 5. The predicted octanol–water partition coefficient (Wildman–Crippen LogP) is 6.24. The maximum absolute atomic E-state index is 14.1. The minimum absolute atomic E-state index is 0.0166. The molecule has 1 saturated carbocycles. The highest BCUT2D eigenvalue weighted by atomic mass is 127. The molecule has 0 heterocycles. The molecule has 2 aromatic rings. The van der Waals surface area contributed by atoms with Crippen molar-refractivity contribution in [2.75, 3.05) is 5.32 Å². The van der Waals surface area contributed by atoms with Gasteiger partial charge in [0.25, 0.3) is 5.91 Å². The van der Waals surface area contributed by atoms with E-state index in [4.69, 9.17) is 0 Å². The second kappa shape index (κ2) is 9.39. The molecule has 0 aromatic heterocycles. The van der Waals surface area contributed by atoms with E-state index >= 15 is 0 Å². The Balaban J connectivity index is 1.85. The summed E-state index contributed by atoms with van der Waals surface area (Å²) in [6.45, 7) is 0. The molecule has 10 heteroatoms. The zero-order chi connectivity index (χ0) is 22.1. The molecule has 162 valence electrons. The number of alkyl halides is 3. The Bertz CT molecular complexity index is 922. The van der Waals surface area contributed by atoms with Crippen LogP contribution in [0.2, 0.25) is 0 Å². The minimum atomic E-state index is -3.16. The highest BCUT2D eigenvalue weighted by molar-refractivity contribution is 14.1. The molecule has 3 nitrogen and oxygen atoms in total. The van der Waals surface area contributed by atoms with E-state index in [2.05, 4.69) is 5.32 Å². The molecular weight excluding hydrogens is 540 g/mol. The lowest BCUT2D eigenvalue weighted by Gasteiger charge is -2.26. The molecule has 0 radical (unpaired) electrons. The van der Waals surface area contributed by atoms with E-state index < -0.39 is 27.3 Å². The summed E-state index contributed by atoms with van der Waals surface area (Å²) in [4.78, 5) is 12.7. The van der Waals surface area contributed by atoms with Gasteiger partial charge in [-0.15, -0.1) is 11.8 Å². The molecule has 2 aromatic carbocycles. The van der Waals surface area contributed by atoms with Crippen LogP contribution < -0.4 is 5.32 Å². The minimum Gasteiger partial charge on any atom is -0.393 e. The Kier molecular flexibility index (Phi) is 7.28. The van der Waals surface area contributed by atoms with E-state index in [0.717, 1.165) is 28.7 Å². The number of amides is 1. The number of carbonyl (C=O) groups is 1. The first-order valence-corrected chi connectivity index (χ1v) is 11.0.